The highest BCUT2D eigenvalue weighted by atomic mass is 32.2. The zero-order valence-corrected chi connectivity index (χ0v) is 12.5. The topological polar surface area (TPSA) is 115 Å². The van der Waals surface area contributed by atoms with Gasteiger partial charge in [0.05, 0.1) is 5.75 Å². The summed E-state index contributed by atoms with van der Waals surface area (Å²) in [7, 11) is -3.64. The Bertz CT molecular complexity index is 570. The number of nitrogens with one attached hydrogen (secondary N) is 1. The highest BCUT2D eigenvalue weighted by Gasteiger charge is 2.25. The Labute approximate surface area is 119 Å². The van der Waals surface area contributed by atoms with Crippen molar-refractivity contribution >= 4 is 15.9 Å². The van der Waals surface area contributed by atoms with E-state index in [0.29, 0.717) is 12.1 Å². The lowest BCUT2D eigenvalue weighted by molar-refractivity contribution is -0.120. The molecule has 0 aliphatic rings. The maximum Gasteiger partial charge on any atom is 0.235 e. The first kappa shape index (κ1) is 16.6. The van der Waals surface area contributed by atoms with Gasteiger partial charge in [-0.1, -0.05) is 38.1 Å². The summed E-state index contributed by atoms with van der Waals surface area (Å²) in [5.74, 6) is -1.10. The maximum absolute atomic E-state index is 12.1. The van der Waals surface area contributed by atoms with Crippen molar-refractivity contribution in [3.63, 3.8) is 0 Å². The molecule has 0 radical (unpaired) electrons. The highest BCUT2D eigenvalue weighted by molar-refractivity contribution is 7.88. The average molecular weight is 299 g/mol. The molecule has 5 N–H and O–H groups in total. The SMILES string of the molecule is CC(C)C(NS(=O)(=O)Cc1cccc(CN)c1)C(N)=O. The van der Waals surface area contributed by atoms with Crippen LogP contribution < -0.4 is 16.2 Å². The number of amides is 1. The van der Waals surface area contributed by atoms with Crippen LogP contribution in [0.1, 0.15) is 25.0 Å². The lowest BCUT2D eigenvalue weighted by Crippen LogP contribution is -2.47. The summed E-state index contributed by atoms with van der Waals surface area (Å²) in [6.07, 6.45) is 0. The van der Waals surface area contributed by atoms with Gasteiger partial charge in [-0.2, -0.15) is 0 Å². The third kappa shape index (κ3) is 4.92. The number of benzene rings is 1. The molecule has 6 nitrogen and oxygen atoms in total. The van der Waals surface area contributed by atoms with Crippen molar-refractivity contribution in [3.05, 3.63) is 35.4 Å². The molecule has 0 saturated heterocycles. The molecule has 1 rings (SSSR count). The molecule has 0 fully saturated rings. The van der Waals surface area contributed by atoms with Crippen LogP contribution in [0.3, 0.4) is 0 Å². The van der Waals surface area contributed by atoms with Crippen molar-refractivity contribution in [3.8, 4) is 0 Å². The fourth-order valence-electron chi connectivity index (χ4n) is 1.82. The van der Waals surface area contributed by atoms with Crippen molar-refractivity contribution in [2.45, 2.75) is 32.2 Å². The first-order valence-corrected chi connectivity index (χ1v) is 7.97. The summed E-state index contributed by atoms with van der Waals surface area (Å²) in [5, 5.41) is 0. The van der Waals surface area contributed by atoms with Gasteiger partial charge in [0, 0.05) is 6.54 Å². The minimum absolute atomic E-state index is 0.211. The third-order valence-electron chi connectivity index (χ3n) is 2.86. The maximum atomic E-state index is 12.1. The van der Waals surface area contributed by atoms with Crippen LogP contribution in [0.4, 0.5) is 0 Å². The molecule has 0 spiro atoms. The molecular formula is C13H21N3O3S. The number of carbonyl (C=O) groups is 1. The molecule has 1 unspecified atom stereocenters. The van der Waals surface area contributed by atoms with Crippen molar-refractivity contribution < 1.29 is 13.2 Å². The van der Waals surface area contributed by atoms with Gasteiger partial charge in [-0.15, -0.1) is 0 Å². The summed E-state index contributed by atoms with van der Waals surface area (Å²) in [4.78, 5) is 11.3. The van der Waals surface area contributed by atoms with Gasteiger partial charge in [0.15, 0.2) is 0 Å². The standard InChI is InChI=1S/C13H21N3O3S/c1-9(2)12(13(15)17)16-20(18,19)8-11-5-3-4-10(6-11)7-14/h3-6,9,12,16H,7-8,14H2,1-2H3,(H2,15,17). The predicted octanol–water partition coefficient (Wildman–Crippen LogP) is 0.0746. The Hall–Kier alpha value is -1.44. The normalized spacial score (nSPS) is 13.4. The Kier molecular flexibility index (Phi) is 5.67. The van der Waals surface area contributed by atoms with E-state index in [4.69, 9.17) is 11.5 Å². The van der Waals surface area contributed by atoms with E-state index in [-0.39, 0.29) is 11.7 Å². The molecule has 0 saturated carbocycles. The largest absolute Gasteiger partial charge is 0.368 e. The van der Waals surface area contributed by atoms with Crippen LogP contribution >= 0.6 is 0 Å². The molecule has 1 aromatic rings. The lowest BCUT2D eigenvalue weighted by atomic mass is 10.1. The summed E-state index contributed by atoms with van der Waals surface area (Å²) in [5.41, 5.74) is 12.2. The second kappa shape index (κ2) is 6.83. The van der Waals surface area contributed by atoms with E-state index in [1.807, 2.05) is 6.07 Å². The molecule has 1 atom stereocenters. The van der Waals surface area contributed by atoms with Crippen molar-refractivity contribution in [2.24, 2.45) is 17.4 Å². The van der Waals surface area contributed by atoms with Crippen molar-refractivity contribution in [2.75, 3.05) is 0 Å². The Morgan fingerprint density at radius 2 is 1.90 bits per heavy atom. The molecule has 20 heavy (non-hydrogen) atoms. The monoisotopic (exact) mass is 299 g/mol. The molecular weight excluding hydrogens is 278 g/mol. The van der Waals surface area contributed by atoms with Gasteiger partial charge in [0.1, 0.15) is 6.04 Å². The Morgan fingerprint density at radius 3 is 2.40 bits per heavy atom. The van der Waals surface area contributed by atoms with Crippen molar-refractivity contribution in [1.29, 1.82) is 0 Å². The van der Waals surface area contributed by atoms with Crippen LogP contribution in [0.15, 0.2) is 24.3 Å². The second-order valence-electron chi connectivity index (χ2n) is 5.03. The number of hydrogen-bond acceptors (Lipinski definition) is 4. The number of sulfonamides is 1. The van der Waals surface area contributed by atoms with Gasteiger partial charge in [-0.3, -0.25) is 4.79 Å². The zero-order valence-electron chi connectivity index (χ0n) is 11.7. The predicted molar refractivity (Wildman–Crippen MR) is 77.9 cm³/mol. The van der Waals surface area contributed by atoms with Crippen molar-refractivity contribution in [1.82, 2.24) is 4.72 Å². The second-order valence-corrected chi connectivity index (χ2v) is 6.78. The summed E-state index contributed by atoms with van der Waals surface area (Å²) < 4.78 is 26.5. The quantitative estimate of drug-likeness (QED) is 0.661. The fraction of sp³-hybridized carbons (Fsp3) is 0.462. The van der Waals surface area contributed by atoms with Crippen LogP contribution in [0, 0.1) is 5.92 Å². The Balaban J connectivity index is 2.86. The average Bonchev–Trinajstić information content (AvgIpc) is 2.35. The summed E-state index contributed by atoms with van der Waals surface area (Å²) in [6.45, 7) is 3.80. The lowest BCUT2D eigenvalue weighted by Gasteiger charge is -2.19. The van der Waals surface area contributed by atoms with Crippen LogP contribution in [0.2, 0.25) is 0 Å². The number of primary amides is 1. The molecule has 0 heterocycles. The van der Waals surface area contributed by atoms with E-state index in [1.54, 1.807) is 32.0 Å². The minimum Gasteiger partial charge on any atom is -0.368 e. The fourth-order valence-corrected chi connectivity index (χ4v) is 3.30. The Morgan fingerprint density at radius 1 is 1.30 bits per heavy atom. The van der Waals surface area contributed by atoms with Gasteiger partial charge in [-0.25, -0.2) is 13.1 Å². The van der Waals surface area contributed by atoms with Crippen LogP contribution in [0.5, 0.6) is 0 Å². The van der Waals surface area contributed by atoms with Gasteiger partial charge in [0.2, 0.25) is 15.9 Å². The van der Waals surface area contributed by atoms with E-state index < -0.39 is 22.0 Å². The van der Waals surface area contributed by atoms with Gasteiger partial charge in [-0.05, 0) is 17.0 Å². The number of hydrogen-bond donors (Lipinski definition) is 3. The first-order chi connectivity index (χ1) is 9.25. The van der Waals surface area contributed by atoms with Crippen LogP contribution in [-0.4, -0.2) is 20.4 Å². The zero-order chi connectivity index (χ0) is 15.3. The highest BCUT2D eigenvalue weighted by Crippen LogP contribution is 2.10. The molecule has 7 heteroatoms. The van der Waals surface area contributed by atoms with E-state index in [9.17, 15) is 13.2 Å². The molecule has 0 aromatic heterocycles. The molecule has 0 aliphatic heterocycles. The summed E-state index contributed by atoms with van der Waals surface area (Å²) >= 11 is 0. The summed E-state index contributed by atoms with van der Waals surface area (Å²) in [6, 6.07) is 6.10. The third-order valence-corrected chi connectivity index (χ3v) is 4.19. The molecule has 1 amide bonds. The van der Waals surface area contributed by atoms with Gasteiger partial charge < -0.3 is 11.5 Å². The van der Waals surface area contributed by atoms with E-state index in [1.165, 1.54) is 0 Å². The van der Waals surface area contributed by atoms with Gasteiger partial charge >= 0.3 is 0 Å². The van der Waals surface area contributed by atoms with Gasteiger partial charge in [0.25, 0.3) is 0 Å². The van der Waals surface area contributed by atoms with Crippen LogP contribution in [-0.2, 0) is 27.1 Å². The van der Waals surface area contributed by atoms with Crippen LogP contribution in [0.25, 0.3) is 0 Å². The number of carbonyl (C=O) groups excluding carboxylic acids is 1. The van der Waals surface area contributed by atoms with E-state index in [2.05, 4.69) is 4.72 Å². The molecule has 0 aliphatic carbocycles. The molecule has 1 aromatic carbocycles. The number of rotatable bonds is 7. The smallest absolute Gasteiger partial charge is 0.235 e. The minimum atomic E-state index is -3.64. The molecule has 0 bridgehead atoms. The first-order valence-electron chi connectivity index (χ1n) is 6.32. The number of nitrogens with two attached hydrogens (primary N) is 2. The molecule has 112 valence electrons. The van der Waals surface area contributed by atoms with E-state index in [0.717, 1.165) is 5.56 Å². The van der Waals surface area contributed by atoms with E-state index >= 15 is 0 Å².